The second-order valence-corrected chi connectivity index (χ2v) is 4.83. The van der Waals surface area contributed by atoms with Crippen LogP contribution >= 0.6 is 0 Å². The predicted molar refractivity (Wildman–Crippen MR) is 65.8 cm³/mol. The van der Waals surface area contributed by atoms with Crippen LogP contribution in [0.1, 0.15) is 20.3 Å². The highest BCUT2D eigenvalue weighted by atomic mass is 16.5. The molecule has 1 amide bonds. The molecule has 0 spiro atoms. The van der Waals surface area contributed by atoms with E-state index in [1.54, 1.807) is 6.92 Å². The summed E-state index contributed by atoms with van der Waals surface area (Å²) in [5, 5.41) is 12.1. The van der Waals surface area contributed by atoms with Gasteiger partial charge in [-0.3, -0.25) is 4.79 Å². The van der Waals surface area contributed by atoms with Crippen molar-refractivity contribution in [3.8, 4) is 0 Å². The first-order valence-electron chi connectivity index (χ1n) is 6.19. The number of methoxy groups -OCH3 is 1. The van der Waals surface area contributed by atoms with Crippen LogP contribution in [0, 0.1) is 5.92 Å². The Morgan fingerprint density at radius 2 is 2.22 bits per heavy atom. The van der Waals surface area contributed by atoms with Gasteiger partial charge in [-0.05, 0) is 25.8 Å². The molecular weight excluding hydrogens is 236 g/mol. The van der Waals surface area contributed by atoms with Gasteiger partial charge >= 0.3 is 5.97 Å². The van der Waals surface area contributed by atoms with Crippen molar-refractivity contribution in [1.29, 1.82) is 0 Å². The third-order valence-corrected chi connectivity index (χ3v) is 3.30. The lowest BCUT2D eigenvalue weighted by atomic mass is 10.0. The van der Waals surface area contributed by atoms with Gasteiger partial charge in [-0.15, -0.1) is 0 Å². The Morgan fingerprint density at radius 1 is 1.56 bits per heavy atom. The van der Waals surface area contributed by atoms with Gasteiger partial charge in [-0.25, -0.2) is 4.79 Å². The van der Waals surface area contributed by atoms with Gasteiger partial charge in [0.05, 0.1) is 13.2 Å². The van der Waals surface area contributed by atoms with E-state index in [0.717, 1.165) is 19.5 Å². The molecule has 2 N–H and O–H groups in total. The molecule has 6 nitrogen and oxygen atoms in total. The molecule has 6 heteroatoms. The van der Waals surface area contributed by atoms with Crippen molar-refractivity contribution >= 4 is 11.9 Å². The first-order chi connectivity index (χ1) is 8.43. The number of rotatable bonds is 5. The zero-order chi connectivity index (χ0) is 13.7. The minimum Gasteiger partial charge on any atom is -0.467 e. The first-order valence-corrected chi connectivity index (χ1v) is 6.19. The molecule has 104 valence electrons. The highest BCUT2D eigenvalue weighted by Crippen LogP contribution is 2.19. The summed E-state index contributed by atoms with van der Waals surface area (Å²) in [6.07, 6.45) is 0.568. The first kappa shape index (κ1) is 14.9. The number of likely N-dealkylation sites (tertiary alicyclic amines) is 1. The Balaban J connectivity index is 2.51. The largest absolute Gasteiger partial charge is 0.467 e. The van der Waals surface area contributed by atoms with Crippen molar-refractivity contribution in [3.05, 3.63) is 0 Å². The Kier molecular flexibility index (Phi) is 5.55. The van der Waals surface area contributed by atoms with E-state index in [-0.39, 0.29) is 17.9 Å². The molecule has 1 rings (SSSR count). The normalized spacial score (nSPS) is 23.4. The number of esters is 1. The summed E-state index contributed by atoms with van der Waals surface area (Å²) in [4.78, 5) is 24.6. The molecule has 0 radical (unpaired) electrons. The molecule has 0 bridgehead atoms. The number of nitrogens with zero attached hydrogens (tertiary/aromatic N) is 1. The zero-order valence-electron chi connectivity index (χ0n) is 11.2. The quantitative estimate of drug-likeness (QED) is 0.642. The molecule has 0 aromatic heterocycles. The number of hydrogen-bond donors (Lipinski definition) is 2. The number of hydrogen-bond acceptors (Lipinski definition) is 5. The van der Waals surface area contributed by atoms with Gasteiger partial charge in [-0.2, -0.15) is 0 Å². The van der Waals surface area contributed by atoms with Crippen molar-refractivity contribution in [1.82, 2.24) is 10.2 Å². The summed E-state index contributed by atoms with van der Waals surface area (Å²) in [7, 11) is 1.31. The van der Waals surface area contributed by atoms with Gasteiger partial charge in [0.15, 0.2) is 0 Å². The molecule has 1 aliphatic heterocycles. The number of amides is 1. The van der Waals surface area contributed by atoms with Crippen molar-refractivity contribution < 1.29 is 19.4 Å². The van der Waals surface area contributed by atoms with Crippen LogP contribution in [0.25, 0.3) is 0 Å². The highest BCUT2D eigenvalue weighted by Gasteiger charge is 2.30. The fourth-order valence-corrected chi connectivity index (χ4v) is 2.25. The molecule has 0 aliphatic carbocycles. The van der Waals surface area contributed by atoms with Crippen LogP contribution in [0.15, 0.2) is 0 Å². The number of carbonyl (C=O) groups excluding carboxylic acids is 2. The standard InChI is InChI=1S/C12H22N2O4/c1-8(15)10-4-5-14(6-10)7-11(12(17)18-3)13-9(2)16/h8,10-11,15H,4-7H2,1-3H3,(H,13,16). The van der Waals surface area contributed by atoms with Crippen molar-refractivity contribution in [2.24, 2.45) is 5.92 Å². The summed E-state index contributed by atoms with van der Waals surface area (Å²) in [6, 6.07) is -0.639. The monoisotopic (exact) mass is 258 g/mol. The lowest BCUT2D eigenvalue weighted by molar-refractivity contribution is -0.145. The van der Waals surface area contributed by atoms with E-state index in [1.807, 2.05) is 0 Å². The smallest absolute Gasteiger partial charge is 0.329 e. The molecule has 18 heavy (non-hydrogen) atoms. The molecule has 1 aliphatic rings. The summed E-state index contributed by atoms with van der Waals surface area (Å²) in [5.74, 6) is -0.456. The van der Waals surface area contributed by atoms with E-state index in [4.69, 9.17) is 0 Å². The Morgan fingerprint density at radius 3 is 2.67 bits per heavy atom. The molecule has 0 aromatic rings. The summed E-state index contributed by atoms with van der Waals surface area (Å²) in [5.41, 5.74) is 0. The molecule has 3 atom stereocenters. The third kappa shape index (κ3) is 4.27. The van der Waals surface area contributed by atoms with Crippen LogP contribution in [-0.2, 0) is 14.3 Å². The number of aliphatic hydroxyl groups is 1. The van der Waals surface area contributed by atoms with E-state index in [9.17, 15) is 14.7 Å². The Bertz CT molecular complexity index is 306. The second-order valence-electron chi connectivity index (χ2n) is 4.83. The SMILES string of the molecule is COC(=O)C(CN1CCC(C(C)O)C1)NC(C)=O. The van der Waals surface area contributed by atoms with E-state index in [0.29, 0.717) is 6.54 Å². The summed E-state index contributed by atoms with van der Waals surface area (Å²) < 4.78 is 4.67. The van der Waals surface area contributed by atoms with E-state index in [1.165, 1.54) is 14.0 Å². The molecule has 1 heterocycles. The van der Waals surface area contributed by atoms with Gasteiger partial charge in [0.1, 0.15) is 6.04 Å². The lowest BCUT2D eigenvalue weighted by Crippen LogP contribution is -2.48. The van der Waals surface area contributed by atoms with E-state index < -0.39 is 12.0 Å². The maximum Gasteiger partial charge on any atom is 0.329 e. The number of aliphatic hydroxyl groups excluding tert-OH is 1. The minimum absolute atomic E-state index is 0.237. The number of nitrogens with one attached hydrogen (secondary N) is 1. The lowest BCUT2D eigenvalue weighted by Gasteiger charge is -2.23. The van der Waals surface area contributed by atoms with E-state index >= 15 is 0 Å². The van der Waals surface area contributed by atoms with E-state index in [2.05, 4.69) is 15.0 Å². The molecular formula is C12H22N2O4. The van der Waals surface area contributed by atoms with Crippen LogP contribution in [0.3, 0.4) is 0 Å². The summed E-state index contributed by atoms with van der Waals surface area (Å²) in [6.45, 7) is 5.14. The topological polar surface area (TPSA) is 78.9 Å². The molecule has 0 saturated carbocycles. The molecule has 1 fully saturated rings. The summed E-state index contributed by atoms with van der Waals surface area (Å²) >= 11 is 0. The van der Waals surface area contributed by atoms with Gasteiger partial charge in [0.2, 0.25) is 5.91 Å². The predicted octanol–water partition coefficient (Wildman–Crippen LogP) is -0.633. The molecule has 3 unspecified atom stereocenters. The zero-order valence-corrected chi connectivity index (χ0v) is 11.2. The number of ether oxygens (including phenoxy) is 1. The van der Waals surface area contributed by atoms with Crippen molar-refractivity contribution in [3.63, 3.8) is 0 Å². The van der Waals surface area contributed by atoms with Gasteiger partial charge < -0.3 is 20.1 Å². The highest BCUT2D eigenvalue weighted by molar-refractivity contribution is 5.83. The van der Waals surface area contributed by atoms with Gasteiger partial charge in [0.25, 0.3) is 0 Å². The fourth-order valence-electron chi connectivity index (χ4n) is 2.25. The molecule has 1 saturated heterocycles. The van der Waals surface area contributed by atoms with Crippen LogP contribution in [-0.4, -0.2) is 60.8 Å². The maximum absolute atomic E-state index is 11.5. The van der Waals surface area contributed by atoms with Gasteiger partial charge in [-0.1, -0.05) is 0 Å². The fraction of sp³-hybridized carbons (Fsp3) is 0.833. The average molecular weight is 258 g/mol. The maximum atomic E-state index is 11.5. The number of carbonyl (C=O) groups is 2. The second kappa shape index (κ2) is 6.70. The van der Waals surface area contributed by atoms with Crippen molar-refractivity contribution in [2.45, 2.75) is 32.4 Å². The third-order valence-electron chi connectivity index (χ3n) is 3.30. The Hall–Kier alpha value is -1.14. The average Bonchev–Trinajstić information content (AvgIpc) is 2.75. The molecule has 0 aromatic carbocycles. The van der Waals surface area contributed by atoms with Crippen LogP contribution in [0.5, 0.6) is 0 Å². The van der Waals surface area contributed by atoms with Gasteiger partial charge in [0, 0.05) is 20.0 Å². The van der Waals surface area contributed by atoms with Crippen LogP contribution in [0.2, 0.25) is 0 Å². The van der Waals surface area contributed by atoms with Crippen LogP contribution < -0.4 is 5.32 Å². The minimum atomic E-state index is -0.639. The van der Waals surface area contributed by atoms with Crippen molar-refractivity contribution in [2.75, 3.05) is 26.7 Å². The Labute approximate surface area is 107 Å². The van der Waals surface area contributed by atoms with Crippen LogP contribution in [0.4, 0.5) is 0 Å².